The lowest BCUT2D eigenvalue weighted by Gasteiger charge is -2.07. The van der Waals surface area contributed by atoms with Crippen molar-refractivity contribution in [2.45, 2.75) is 19.8 Å². The summed E-state index contributed by atoms with van der Waals surface area (Å²) in [7, 11) is 0. The Morgan fingerprint density at radius 2 is 1.86 bits per heavy atom. The van der Waals surface area contributed by atoms with E-state index < -0.39 is 17.2 Å². The zero-order chi connectivity index (χ0) is 20.5. The van der Waals surface area contributed by atoms with Gasteiger partial charge in [0.1, 0.15) is 5.01 Å². The number of anilines is 1. The van der Waals surface area contributed by atoms with E-state index in [-0.39, 0.29) is 5.92 Å². The van der Waals surface area contributed by atoms with Gasteiger partial charge in [0.2, 0.25) is 5.13 Å². The molecule has 2 N–H and O–H groups in total. The summed E-state index contributed by atoms with van der Waals surface area (Å²) in [5.74, 6) is -0.179. The molecular formula is C20H17N5O3S. The number of hydrogen-bond acceptors (Lipinski definition) is 6. The lowest BCUT2D eigenvalue weighted by atomic mass is 10.1. The number of aromatic amines is 1. The lowest BCUT2D eigenvalue weighted by Crippen LogP contribution is -2.33. The molecule has 0 saturated carbocycles. The highest BCUT2D eigenvalue weighted by Gasteiger charge is 2.15. The van der Waals surface area contributed by atoms with Crippen molar-refractivity contribution in [3.63, 3.8) is 0 Å². The number of carbonyl (C=O) groups is 1. The van der Waals surface area contributed by atoms with Crippen molar-refractivity contribution in [2.24, 2.45) is 0 Å². The minimum atomic E-state index is -0.572. The smallest absolute Gasteiger partial charge is 0.306 e. The number of hydrogen-bond donors (Lipinski definition) is 2. The Hall–Kier alpha value is -3.59. The first-order chi connectivity index (χ1) is 13.9. The number of aromatic nitrogens is 4. The summed E-state index contributed by atoms with van der Waals surface area (Å²) in [6.45, 7) is 3.99. The molecule has 0 aliphatic carbocycles. The molecule has 1 amide bonds. The Balaban J connectivity index is 1.70. The Morgan fingerprint density at radius 1 is 1.10 bits per heavy atom. The van der Waals surface area contributed by atoms with Crippen LogP contribution in [-0.4, -0.2) is 25.7 Å². The molecule has 0 atom stereocenters. The molecule has 146 valence electrons. The van der Waals surface area contributed by atoms with Gasteiger partial charge in [-0.2, -0.15) is 0 Å². The van der Waals surface area contributed by atoms with Gasteiger partial charge in [-0.1, -0.05) is 43.4 Å². The summed E-state index contributed by atoms with van der Waals surface area (Å²) in [5.41, 5.74) is 0.0375. The van der Waals surface area contributed by atoms with Crippen LogP contribution in [0.3, 0.4) is 0 Å². The first-order valence-corrected chi connectivity index (χ1v) is 9.75. The fourth-order valence-electron chi connectivity index (χ4n) is 2.86. The van der Waals surface area contributed by atoms with Gasteiger partial charge in [-0.25, -0.2) is 9.36 Å². The SMILES string of the molecule is CC(C)c1nnc(NC(=O)c2ccc3c(=O)n(-c4ccccc4)c(=O)[nH]c3c2)s1. The minimum Gasteiger partial charge on any atom is -0.306 e. The number of benzene rings is 2. The van der Waals surface area contributed by atoms with Crippen LogP contribution in [0.15, 0.2) is 58.1 Å². The van der Waals surface area contributed by atoms with E-state index in [9.17, 15) is 14.4 Å². The summed E-state index contributed by atoms with van der Waals surface area (Å²) in [4.78, 5) is 40.5. The van der Waals surface area contributed by atoms with Crippen molar-refractivity contribution >= 4 is 33.3 Å². The molecular weight excluding hydrogens is 390 g/mol. The molecule has 2 aromatic heterocycles. The van der Waals surface area contributed by atoms with E-state index in [4.69, 9.17) is 0 Å². The molecule has 4 rings (SSSR count). The van der Waals surface area contributed by atoms with Crippen LogP contribution in [0.2, 0.25) is 0 Å². The van der Waals surface area contributed by atoms with Gasteiger partial charge in [-0.15, -0.1) is 10.2 Å². The first kappa shape index (κ1) is 18.8. The predicted molar refractivity (Wildman–Crippen MR) is 112 cm³/mol. The normalized spacial score (nSPS) is 11.1. The molecule has 0 aliphatic rings. The molecule has 0 bridgehead atoms. The van der Waals surface area contributed by atoms with Crippen molar-refractivity contribution < 1.29 is 4.79 Å². The molecule has 0 aliphatic heterocycles. The van der Waals surface area contributed by atoms with Crippen LogP contribution in [0.25, 0.3) is 16.6 Å². The number of nitrogens with zero attached hydrogens (tertiary/aromatic N) is 3. The second-order valence-electron chi connectivity index (χ2n) is 6.72. The average Bonchev–Trinajstić information content (AvgIpc) is 3.17. The minimum absolute atomic E-state index is 0.218. The molecule has 29 heavy (non-hydrogen) atoms. The molecule has 0 unspecified atom stereocenters. The zero-order valence-electron chi connectivity index (χ0n) is 15.7. The topological polar surface area (TPSA) is 110 Å². The van der Waals surface area contributed by atoms with E-state index in [1.807, 2.05) is 13.8 Å². The van der Waals surface area contributed by atoms with Crippen LogP contribution in [0.1, 0.15) is 35.1 Å². The van der Waals surface area contributed by atoms with Gasteiger partial charge < -0.3 is 4.98 Å². The van der Waals surface area contributed by atoms with E-state index in [1.54, 1.807) is 30.3 Å². The van der Waals surface area contributed by atoms with Crippen molar-refractivity contribution in [2.75, 3.05) is 5.32 Å². The fraction of sp³-hybridized carbons (Fsp3) is 0.150. The maximum absolute atomic E-state index is 12.8. The van der Waals surface area contributed by atoms with Crippen molar-refractivity contribution in [1.82, 2.24) is 19.7 Å². The zero-order valence-corrected chi connectivity index (χ0v) is 16.5. The highest BCUT2D eigenvalue weighted by atomic mass is 32.1. The molecule has 0 radical (unpaired) electrons. The summed E-state index contributed by atoms with van der Waals surface area (Å²) in [6.07, 6.45) is 0. The summed E-state index contributed by atoms with van der Waals surface area (Å²) >= 11 is 1.31. The molecule has 2 heterocycles. The van der Waals surface area contributed by atoms with Gasteiger partial charge in [-0.3, -0.25) is 14.9 Å². The van der Waals surface area contributed by atoms with Crippen LogP contribution in [-0.2, 0) is 0 Å². The van der Waals surface area contributed by atoms with Gasteiger partial charge >= 0.3 is 5.69 Å². The van der Waals surface area contributed by atoms with Gasteiger partial charge in [0.25, 0.3) is 11.5 Å². The van der Waals surface area contributed by atoms with E-state index >= 15 is 0 Å². The Bertz CT molecular complexity index is 1320. The molecule has 2 aromatic carbocycles. The molecule has 0 spiro atoms. The van der Waals surface area contributed by atoms with E-state index in [0.29, 0.717) is 27.3 Å². The number of carbonyl (C=O) groups excluding carboxylic acids is 1. The standard InChI is InChI=1S/C20H17N5O3S/c1-11(2)17-23-24-19(29-17)22-16(26)12-8-9-14-15(10-12)21-20(28)25(18(14)27)13-6-4-3-5-7-13/h3-11H,1-2H3,(H,21,28)(H,22,24,26). The molecule has 8 nitrogen and oxygen atoms in total. The second kappa shape index (κ2) is 7.44. The van der Waals surface area contributed by atoms with Crippen LogP contribution in [0, 0.1) is 0 Å². The van der Waals surface area contributed by atoms with Crippen molar-refractivity contribution in [3.8, 4) is 5.69 Å². The van der Waals surface area contributed by atoms with Crippen molar-refractivity contribution in [1.29, 1.82) is 0 Å². The van der Waals surface area contributed by atoms with Crippen molar-refractivity contribution in [3.05, 3.63) is 79.9 Å². The maximum Gasteiger partial charge on any atom is 0.333 e. The van der Waals surface area contributed by atoms with Crippen LogP contribution in [0.5, 0.6) is 0 Å². The average molecular weight is 407 g/mol. The Kier molecular flexibility index (Phi) is 4.81. The third-order valence-electron chi connectivity index (χ3n) is 4.33. The van der Waals surface area contributed by atoms with E-state index in [1.165, 1.54) is 29.5 Å². The number of H-pyrrole nitrogens is 1. The van der Waals surface area contributed by atoms with E-state index in [0.717, 1.165) is 9.57 Å². The second-order valence-corrected chi connectivity index (χ2v) is 7.73. The summed E-state index contributed by atoms with van der Waals surface area (Å²) < 4.78 is 1.07. The third-order valence-corrected chi connectivity index (χ3v) is 5.47. The molecule has 0 saturated heterocycles. The summed E-state index contributed by atoms with van der Waals surface area (Å²) in [5, 5.41) is 12.2. The number of amides is 1. The maximum atomic E-state index is 12.8. The number of fused-ring (bicyclic) bond motifs is 1. The predicted octanol–water partition coefficient (Wildman–Crippen LogP) is 2.91. The van der Waals surface area contributed by atoms with Gasteiger partial charge in [-0.05, 0) is 30.3 Å². The molecule has 9 heteroatoms. The summed E-state index contributed by atoms with van der Waals surface area (Å²) in [6, 6.07) is 13.2. The lowest BCUT2D eigenvalue weighted by molar-refractivity contribution is 0.102. The monoisotopic (exact) mass is 407 g/mol. The van der Waals surface area contributed by atoms with Gasteiger partial charge in [0, 0.05) is 11.5 Å². The number of rotatable bonds is 4. The Labute approximate surface area is 168 Å². The number of nitrogens with one attached hydrogen (secondary N) is 2. The van der Waals surface area contributed by atoms with Crippen LogP contribution in [0.4, 0.5) is 5.13 Å². The number of para-hydroxylation sites is 1. The van der Waals surface area contributed by atoms with Crippen LogP contribution < -0.4 is 16.6 Å². The quantitative estimate of drug-likeness (QED) is 0.541. The first-order valence-electron chi connectivity index (χ1n) is 8.93. The highest BCUT2D eigenvalue weighted by Crippen LogP contribution is 2.23. The van der Waals surface area contributed by atoms with Gasteiger partial charge in [0.05, 0.1) is 16.6 Å². The highest BCUT2D eigenvalue weighted by molar-refractivity contribution is 7.15. The van der Waals surface area contributed by atoms with Gasteiger partial charge in [0.15, 0.2) is 0 Å². The third kappa shape index (κ3) is 3.59. The largest absolute Gasteiger partial charge is 0.333 e. The fourth-order valence-corrected chi connectivity index (χ4v) is 3.60. The molecule has 0 fully saturated rings. The molecule has 4 aromatic rings. The van der Waals surface area contributed by atoms with Crippen LogP contribution >= 0.6 is 11.3 Å². The Morgan fingerprint density at radius 3 is 2.55 bits per heavy atom. The van der Waals surface area contributed by atoms with E-state index in [2.05, 4.69) is 20.5 Å².